The molecule has 0 amide bonds. The van der Waals surface area contributed by atoms with E-state index in [1.807, 2.05) is 11.3 Å². The number of hydrogen-bond donors (Lipinski definition) is 1. The molecule has 2 rings (SSSR count). The maximum atomic E-state index is 3.60. The fourth-order valence-corrected chi connectivity index (χ4v) is 3.70. The van der Waals surface area contributed by atoms with Gasteiger partial charge in [0.1, 0.15) is 0 Å². The third-order valence-corrected chi connectivity index (χ3v) is 4.35. The van der Waals surface area contributed by atoms with Crippen LogP contribution in [0, 0.1) is 12.8 Å². The molecule has 0 aliphatic heterocycles. The molecule has 78 valence electrons. The SMILES string of the molecule is CCNC(c1cc(Br)sc1C)C1CC1. The summed E-state index contributed by atoms with van der Waals surface area (Å²) >= 11 is 5.41. The van der Waals surface area contributed by atoms with Crippen LogP contribution in [0.4, 0.5) is 0 Å². The van der Waals surface area contributed by atoms with Crippen molar-refractivity contribution in [1.82, 2.24) is 5.32 Å². The largest absolute Gasteiger partial charge is 0.310 e. The van der Waals surface area contributed by atoms with Crippen LogP contribution >= 0.6 is 27.3 Å². The van der Waals surface area contributed by atoms with Gasteiger partial charge in [0.05, 0.1) is 3.79 Å². The van der Waals surface area contributed by atoms with E-state index in [-0.39, 0.29) is 0 Å². The Morgan fingerprint density at radius 1 is 1.64 bits per heavy atom. The first-order chi connectivity index (χ1) is 6.72. The molecule has 1 fully saturated rings. The first-order valence-electron chi connectivity index (χ1n) is 5.21. The van der Waals surface area contributed by atoms with Crippen molar-refractivity contribution in [2.24, 2.45) is 5.92 Å². The number of thiophene rings is 1. The zero-order valence-corrected chi connectivity index (χ0v) is 11.0. The summed E-state index contributed by atoms with van der Waals surface area (Å²) in [7, 11) is 0. The summed E-state index contributed by atoms with van der Waals surface area (Å²) in [6, 6.07) is 2.88. The molecule has 0 radical (unpaired) electrons. The second kappa shape index (κ2) is 4.33. The van der Waals surface area contributed by atoms with E-state index in [1.54, 1.807) is 0 Å². The van der Waals surface area contributed by atoms with Gasteiger partial charge in [0.15, 0.2) is 0 Å². The molecular formula is C11H16BrNS. The summed E-state index contributed by atoms with van der Waals surface area (Å²) in [4.78, 5) is 1.45. The van der Waals surface area contributed by atoms with E-state index in [2.05, 4.69) is 41.2 Å². The summed E-state index contributed by atoms with van der Waals surface area (Å²) in [5.74, 6) is 0.884. The molecule has 0 aromatic carbocycles. The van der Waals surface area contributed by atoms with Gasteiger partial charge in [-0.2, -0.15) is 0 Å². The minimum absolute atomic E-state index is 0.600. The summed E-state index contributed by atoms with van der Waals surface area (Å²) in [5, 5.41) is 3.60. The van der Waals surface area contributed by atoms with E-state index in [4.69, 9.17) is 0 Å². The second-order valence-corrected chi connectivity index (χ2v) is 6.57. The lowest BCUT2D eigenvalue weighted by Gasteiger charge is -2.17. The highest BCUT2D eigenvalue weighted by Gasteiger charge is 2.33. The summed E-state index contributed by atoms with van der Waals surface area (Å²) in [6.45, 7) is 5.47. The van der Waals surface area contributed by atoms with Crippen molar-refractivity contribution in [3.05, 3.63) is 20.3 Å². The molecular weight excluding hydrogens is 258 g/mol. The zero-order chi connectivity index (χ0) is 10.1. The van der Waals surface area contributed by atoms with Crippen LogP contribution in [0.25, 0.3) is 0 Å². The second-order valence-electron chi connectivity index (χ2n) is 3.93. The van der Waals surface area contributed by atoms with Crippen molar-refractivity contribution in [1.29, 1.82) is 0 Å². The van der Waals surface area contributed by atoms with Crippen LogP contribution in [0.3, 0.4) is 0 Å². The Morgan fingerprint density at radius 3 is 2.79 bits per heavy atom. The van der Waals surface area contributed by atoms with Crippen LogP contribution in [0.15, 0.2) is 9.85 Å². The lowest BCUT2D eigenvalue weighted by Crippen LogP contribution is -2.22. The third-order valence-electron chi connectivity index (χ3n) is 2.78. The Kier molecular flexibility index (Phi) is 3.30. The van der Waals surface area contributed by atoms with E-state index in [0.717, 1.165) is 12.5 Å². The van der Waals surface area contributed by atoms with Gasteiger partial charge >= 0.3 is 0 Å². The third kappa shape index (κ3) is 2.20. The Morgan fingerprint density at radius 2 is 2.36 bits per heavy atom. The molecule has 0 saturated heterocycles. The molecule has 1 saturated carbocycles. The Hall–Kier alpha value is 0.140. The molecule has 1 aromatic rings. The highest BCUT2D eigenvalue weighted by molar-refractivity contribution is 9.11. The van der Waals surface area contributed by atoms with Crippen LogP contribution in [0.1, 0.15) is 36.2 Å². The van der Waals surface area contributed by atoms with Gasteiger partial charge in [-0.1, -0.05) is 6.92 Å². The number of aryl methyl sites for hydroxylation is 1. The van der Waals surface area contributed by atoms with Crippen molar-refractivity contribution in [3.8, 4) is 0 Å². The predicted molar refractivity (Wildman–Crippen MR) is 65.9 cm³/mol. The van der Waals surface area contributed by atoms with Crippen LogP contribution in [0.2, 0.25) is 0 Å². The molecule has 3 heteroatoms. The first-order valence-corrected chi connectivity index (χ1v) is 6.82. The zero-order valence-electron chi connectivity index (χ0n) is 8.64. The fraction of sp³-hybridized carbons (Fsp3) is 0.636. The average Bonchev–Trinajstić information content (AvgIpc) is 2.89. The number of nitrogens with one attached hydrogen (secondary N) is 1. The van der Waals surface area contributed by atoms with Gasteiger partial charge < -0.3 is 5.32 Å². The molecule has 1 heterocycles. The van der Waals surface area contributed by atoms with Gasteiger partial charge in [0, 0.05) is 10.9 Å². The topological polar surface area (TPSA) is 12.0 Å². The molecule has 1 N–H and O–H groups in total. The van der Waals surface area contributed by atoms with Crippen molar-refractivity contribution in [3.63, 3.8) is 0 Å². The van der Waals surface area contributed by atoms with E-state index in [0.29, 0.717) is 6.04 Å². The van der Waals surface area contributed by atoms with Gasteiger partial charge in [-0.15, -0.1) is 11.3 Å². The van der Waals surface area contributed by atoms with Gasteiger partial charge in [0.25, 0.3) is 0 Å². The fourth-order valence-electron chi connectivity index (χ4n) is 1.95. The summed E-state index contributed by atoms with van der Waals surface area (Å²) < 4.78 is 1.26. The van der Waals surface area contributed by atoms with Crippen molar-refractivity contribution < 1.29 is 0 Å². The van der Waals surface area contributed by atoms with Crippen LogP contribution in [-0.4, -0.2) is 6.54 Å². The van der Waals surface area contributed by atoms with Gasteiger partial charge in [-0.3, -0.25) is 0 Å². The van der Waals surface area contributed by atoms with E-state index >= 15 is 0 Å². The average molecular weight is 274 g/mol. The maximum absolute atomic E-state index is 3.60. The van der Waals surface area contributed by atoms with Gasteiger partial charge in [0.2, 0.25) is 0 Å². The van der Waals surface area contributed by atoms with E-state index in [1.165, 1.54) is 27.1 Å². The first kappa shape index (κ1) is 10.7. The minimum atomic E-state index is 0.600. The smallest absolute Gasteiger partial charge is 0.0704 e. The minimum Gasteiger partial charge on any atom is -0.310 e. The van der Waals surface area contributed by atoms with Crippen LogP contribution in [-0.2, 0) is 0 Å². The molecule has 0 bridgehead atoms. The molecule has 1 nitrogen and oxygen atoms in total. The van der Waals surface area contributed by atoms with E-state index < -0.39 is 0 Å². The Labute approximate surface area is 98.0 Å². The molecule has 1 aromatic heterocycles. The van der Waals surface area contributed by atoms with Crippen molar-refractivity contribution in [2.75, 3.05) is 6.54 Å². The molecule has 1 atom stereocenters. The molecule has 1 aliphatic rings. The quantitative estimate of drug-likeness (QED) is 0.878. The van der Waals surface area contributed by atoms with Crippen LogP contribution in [0.5, 0.6) is 0 Å². The highest BCUT2D eigenvalue weighted by Crippen LogP contribution is 2.44. The lowest BCUT2D eigenvalue weighted by molar-refractivity contribution is 0.495. The molecule has 14 heavy (non-hydrogen) atoms. The number of halogens is 1. The maximum Gasteiger partial charge on any atom is 0.0704 e. The van der Waals surface area contributed by atoms with Gasteiger partial charge in [-0.05, 0) is 59.8 Å². The molecule has 1 aliphatic carbocycles. The summed E-state index contributed by atoms with van der Waals surface area (Å²) in [6.07, 6.45) is 2.79. The highest BCUT2D eigenvalue weighted by atomic mass is 79.9. The number of rotatable bonds is 4. The summed E-state index contributed by atoms with van der Waals surface area (Å²) in [5.41, 5.74) is 1.51. The molecule has 0 spiro atoms. The normalized spacial score (nSPS) is 18.5. The number of hydrogen-bond acceptors (Lipinski definition) is 2. The van der Waals surface area contributed by atoms with Gasteiger partial charge in [-0.25, -0.2) is 0 Å². The van der Waals surface area contributed by atoms with E-state index in [9.17, 15) is 0 Å². The lowest BCUT2D eigenvalue weighted by atomic mass is 10.0. The predicted octanol–water partition coefficient (Wildman–Crippen LogP) is 3.88. The Balaban J connectivity index is 2.20. The van der Waals surface area contributed by atoms with Crippen molar-refractivity contribution in [2.45, 2.75) is 32.7 Å². The Bertz CT molecular complexity index is 317. The van der Waals surface area contributed by atoms with Crippen LogP contribution < -0.4 is 5.32 Å². The monoisotopic (exact) mass is 273 g/mol. The standard InChI is InChI=1S/C11H16BrNS/c1-3-13-11(8-4-5-8)9-6-10(12)14-7(9)2/h6,8,11,13H,3-5H2,1-2H3. The van der Waals surface area contributed by atoms with Crippen molar-refractivity contribution >= 4 is 27.3 Å². The molecule has 1 unspecified atom stereocenters.